The Morgan fingerprint density at radius 1 is 1.29 bits per heavy atom. The van der Waals surface area contributed by atoms with Gasteiger partial charge in [0.05, 0.1) is 18.7 Å². The summed E-state index contributed by atoms with van der Waals surface area (Å²) in [6.45, 7) is 3.14. The molecule has 0 bridgehead atoms. The quantitative estimate of drug-likeness (QED) is 0.916. The first-order valence-corrected chi connectivity index (χ1v) is 7.58. The highest BCUT2D eigenvalue weighted by Crippen LogP contribution is 2.22. The van der Waals surface area contributed by atoms with Crippen molar-refractivity contribution in [3.05, 3.63) is 35.9 Å². The second kappa shape index (κ2) is 6.87. The molecule has 1 aliphatic rings. The summed E-state index contributed by atoms with van der Waals surface area (Å²) < 4.78 is 11.3. The molecule has 0 radical (unpaired) electrons. The molecule has 21 heavy (non-hydrogen) atoms. The van der Waals surface area contributed by atoms with Crippen molar-refractivity contribution in [1.82, 2.24) is 4.98 Å². The number of hydrogen-bond donors (Lipinski definition) is 1. The first kappa shape index (κ1) is 14.3. The highest BCUT2D eigenvalue weighted by molar-refractivity contribution is 5.81. The molecule has 0 atom stereocenters. The van der Waals surface area contributed by atoms with Gasteiger partial charge in [-0.1, -0.05) is 18.2 Å². The summed E-state index contributed by atoms with van der Waals surface area (Å²) in [6.07, 6.45) is 2.21. The van der Waals surface area contributed by atoms with Gasteiger partial charge in [0.25, 0.3) is 0 Å². The molecule has 1 saturated heterocycles. The third-order valence-corrected chi connectivity index (χ3v) is 3.99. The van der Waals surface area contributed by atoms with Gasteiger partial charge in [0, 0.05) is 31.2 Å². The standard InChI is InChI=1S/C17H22N2O2/c1-18-17-15(10-14-4-2-3-5-16(14)19-17)12-21-11-13-6-8-20-9-7-13/h2-5,10,13H,6-9,11-12H2,1H3,(H,18,19). The van der Waals surface area contributed by atoms with Crippen LogP contribution >= 0.6 is 0 Å². The maximum absolute atomic E-state index is 5.92. The topological polar surface area (TPSA) is 43.4 Å². The predicted molar refractivity (Wildman–Crippen MR) is 84.5 cm³/mol. The molecule has 4 heteroatoms. The van der Waals surface area contributed by atoms with Gasteiger partial charge in [-0.15, -0.1) is 0 Å². The summed E-state index contributed by atoms with van der Waals surface area (Å²) in [5.74, 6) is 1.53. The third kappa shape index (κ3) is 3.52. The van der Waals surface area contributed by atoms with Crippen LogP contribution < -0.4 is 5.32 Å². The van der Waals surface area contributed by atoms with Gasteiger partial charge in [0.2, 0.25) is 0 Å². The van der Waals surface area contributed by atoms with E-state index in [4.69, 9.17) is 9.47 Å². The molecule has 2 aromatic rings. The van der Waals surface area contributed by atoms with Crippen LogP contribution in [0.25, 0.3) is 10.9 Å². The molecular weight excluding hydrogens is 264 g/mol. The van der Waals surface area contributed by atoms with Crippen molar-refractivity contribution < 1.29 is 9.47 Å². The number of nitrogens with one attached hydrogen (secondary N) is 1. The number of rotatable bonds is 5. The number of anilines is 1. The van der Waals surface area contributed by atoms with Crippen molar-refractivity contribution in [1.29, 1.82) is 0 Å². The average Bonchev–Trinajstić information content (AvgIpc) is 2.55. The zero-order valence-electron chi connectivity index (χ0n) is 12.5. The van der Waals surface area contributed by atoms with E-state index in [1.807, 2.05) is 25.2 Å². The Bertz CT molecular complexity index is 594. The summed E-state index contributed by atoms with van der Waals surface area (Å²) in [7, 11) is 1.90. The molecule has 0 saturated carbocycles. The predicted octanol–water partition coefficient (Wildman–Crippen LogP) is 3.22. The first-order valence-electron chi connectivity index (χ1n) is 7.58. The summed E-state index contributed by atoms with van der Waals surface area (Å²) in [5.41, 5.74) is 2.12. The van der Waals surface area contributed by atoms with Crippen LogP contribution in [0, 0.1) is 5.92 Å². The molecule has 112 valence electrons. The van der Waals surface area contributed by atoms with E-state index in [1.54, 1.807) is 0 Å². The second-order valence-electron chi connectivity index (χ2n) is 5.51. The molecule has 1 aromatic carbocycles. The van der Waals surface area contributed by atoms with E-state index in [-0.39, 0.29) is 0 Å². The Morgan fingerprint density at radius 3 is 2.90 bits per heavy atom. The van der Waals surface area contributed by atoms with Crippen molar-refractivity contribution in [3.8, 4) is 0 Å². The van der Waals surface area contributed by atoms with Gasteiger partial charge in [-0.3, -0.25) is 0 Å². The Kier molecular flexibility index (Phi) is 4.68. The van der Waals surface area contributed by atoms with Crippen molar-refractivity contribution in [3.63, 3.8) is 0 Å². The van der Waals surface area contributed by atoms with Crippen LogP contribution in [0.15, 0.2) is 30.3 Å². The molecule has 0 aliphatic carbocycles. The minimum atomic E-state index is 0.603. The smallest absolute Gasteiger partial charge is 0.131 e. The lowest BCUT2D eigenvalue weighted by Crippen LogP contribution is -2.20. The SMILES string of the molecule is CNc1nc2ccccc2cc1COCC1CCOCC1. The normalized spacial score (nSPS) is 16.2. The maximum Gasteiger partial charge on any atom is 0.131 e. The van der Waals surface area contributed by atoms with Gasteiger partial charge in [-0.05, 0) is 30.9 Å². The summed E-state index contributed by atoms with van der Waals surface area (Å²) in [4.78, 5) is 4.65. The van der Waals surface area contributed by atoms with Gasteiger partial charge in [0.15, 0.2) is 0 Å². The fourth-order valence-corrected chi connectivity index (χ4v) is 2.73. The lowest BCUT2D eigenvalue weighted by atomic mass is 10.0. The van der Waals surface area contributed by atoms with E-state index < -0.39 is 0 Å². The highest BCUT2D eigenvalue weighted by atomic mass is 16.5. The molecule has 0 unspecified atom stereocenters. The number of para-hydroxylation sites is 1. The molecular formula is C17H22N2O2. The van der Waals surface area contributed by atoms with Crippen molar-refractivity contribution in [2.45, 2.75) is 19.4 Å². The maximum atomic E-state index is 5.92. The first-order chi connectivity index (χ1) is 10.4. The monoisotopic (exact) mass is 286 g/mol. The van der Waals surface area contributed by atoms with Gasteiger partial charge in [-0.25, -0.2) is 4.98 Å². The van der Waals surface area contributed by atoms with E-state index in [2.05, 4.69) is 22.4 Å². The zero-order valence-corrected chi connectivity index (χ0v) is 12.5. The van der Waals surface area contributed by atoms with Crippen LogP contribution in [0.2, 0.25) is 0 Å². The summed E-state index contributed by atoms with van der Waals surface area (Å²) in [6, 6.07) is 10.3. The number of pyridine rings is 1. The average molecular weight is 286 g/mol. The molecule has 1 fully saturated rings. The van der Waals surface area contributed by atoms with Gasteiger partial charge in [-0.2, -0.15) is 0 Å². The Hall–Kier alpha value is -1.65. The molecule has 0 amide bonds. The fraction of sp³-hybridized carbons (Fsp3) is 0.471. The largest absolute Gasteiger partial charge is 0.381 e. The van der Waals surface area contributed by atoms with Crippen molar-refractivity contribution in [2.75, 3.05) is 32.2 Å². The van der Waals surface area contributed by atoms with Crippen LogP contribution in [0.3, 0.4) is 0 Å². The Morgan fingerprint density at radius 2 is 2.10 bits per heavy atom. The zero-order chi connectivity index (χ0) is 14.5. The summed E-state index contributed by atoms with van der Waals surface area (Å²) >= 11 is 0. The molecule has 0 spiro atoms. The lowest BCUT2D eigenvalue weighted by molar-refractivity contribution is 0.0158. The minimum Gasteiger partial charge on any atom is -0.381 e. The molecule has 2 heterocycles. The number of benzene rings is 1. The molecule has 1 N–H and O–H groups in total. The fourth-order valence-electron chi connectivity index (χ4n) is 2.73. The number of hydrogen-bond acceptors (Lipinski definition) is 4. The van der Waals surface area contributed by atoms with Crippen LogP contribution in [-0.4, -0.2) is 31.9 Å². The number of ether oxygens (including phenoxy) is 2. The van der Waals surface area contributed by atoms with E-state index in [0.29, 0.717) is 12.5 Å². The van der Waals surface area contributed by atoms with Gasteiger partial charge < -0.3 is 14.8 Å². The Balaban J connectivity index is 1.67. The lowest BCUT2D eigenvalue weighted by Gasteiger charge is -2.22. The highest BCUT2D eigenvalue weighted by Gasteiger charge is 2.14. The minimum absolute atomic E-state index is 0.603. The van der Waals surface area contributed by atoms with Crippen molar-refractivity contribution in [2.24, 2.45) is 5.92 Å². The van der Waals surface area contributed by atoms with Crippen LogP contribution in [0.4, 0.5) is 5.82 Å². The van der Waals surface area contributed by atoms with E-state index in [1.165, 1.54) is 0 Å². The summed E-state index contributed by atoms with van der Waals surface area (Å²) in [5, 5.41) is 4.32. The number of aromatic nitrogens is 1. The van der Waals surface area contributed by atoms with Crippen LogP contribution in [0.5, 0.6) is 0 Å². The second-order valence-corrected chi connectivity index (χ2v) is 5.51. The molecule has 3 rings (SSSR count). The number of fused-ring (bicyclic) bond motifs is 1. The van der Waals surface area contributed by atoms with E-state index in [0.717, 1.165) is 54.9 Å². The van der Waals surface area contributed by atoms with Crippen LogP contribution in [0.1, 0.15) is 18.4 Å². The van der Waals surface area contributed by atoms with Gasteiger partial charge >= 0.3 is 0 Å². The van der Waals surface area contributed by atoms with Gasteiger partial charge in [0.1, 0.15) is 5.82 Å². The van der Waals surface area contributed by atoms with Crippen LogP contribution in [-0.2, 0) is 16.1 Å². The molecule has 1 aliphatic heterocycles. The molecule has 4 nitrogen and oxygen atoms in total. The number of nitrogens with zero attached hydrogens (tertiary/aromatic N) is 1. The van der Waals surface area contributed by atoms with E-state index >= 15 is 0 Å². The van der Waals surface area contributed by atoms with E-state index in [9.17, 15) is 0 Å². The molecule has 1 aromatic heterocycles. The Labute approximate surface area is 125 Å². The third-order valence-electron chi connectivity index (χ3n) is 3.99. The van der Waals surface area contributed by atoms with Crippen molar-refractivity contribution >= 4 is 16.7 Å².